The second kappa shape index (κ2) is 7.17. The normalized spacial score (nSPS) is 10.7. The Morgan fingerprint density at radius 3 is 2.65 bits per heavy atom. The van der Waals surface area contributed by atoms with Crippen LogP contribution in [0.15, 0.2) is 48.7 Å². The first-order valence-electron chi connectivity index (χ1n) is 7.96. The average molecular weight is 373 g/mol. The molecular formula is C19H18ClFN4O. The smallest absolute Gasteiger partial charge is 0.259 e. The van der Waals surface area contributed by atoms with Crippen LogP contribution >= 0.6 is 11.6 Å². The van der Waals surface area contributed by atoms with Crippen LogP contribution in [-0.2, 0) is 0 Å². The number of halogens is 2. The lowest BCUT2D eigenvalue weighted by Crippen LogP contribution is -2.17. The summed E-state index contributed by atoms with van der Waals surface area (Å²) in [4.78, 5) is 14.6. The molecule has 1 heterocycles. The van der Waals surface area contributed by atoms with Crippen LogP contribution in [0.5, 0.6) is 0 Å². The molecule has 3 rings (SSSR count). The van der Waals surface area contributed by atoms with E-state index < -0.39 is 5.82 Å². The molecule has 5 nitrogen and oxygen atoms in total. The maximum absolute atomic E-state index is 14.0. The highest BCUT2D eigenvalue weighted by Crippen LogP contribution is 2.28. The van der Waals surface area contributed by atoms with Crippen LogP contribution in [0.25, 0.3) is 5.69 Å². The molecule has 1 aromatic heterocycles. The number of anilines is 2. The molecule has 134 valence electrons. The number of aromatic nitrogens is 2. The van der Waals surface area contributed by atoms with E-state index in [9.17, 15) is 9.18 Å². The first-order valence-corrected chi connectivity index (χ1v) is 8.34. The van der Waals surface area contributed by atoms with Crippen molar-refractivity contribution in [2.45, 2.75) is 6.92 Å². The Balaban J connectivity index is 1.93. The van der Waals surface area contributed by atoms with Gasteiger partial charge in [-0.15, -0.1) is 0 Å². The Kier molecular flexibility index (Phi) is 4.95. The fourth-order valence-corrected chi connectivity index (χ4v) is 2.86. The van der Waals surface area contributed by atoms with E-state index in [1.807, 2.05) is 25.1 Å². The lowest BCUT2D eigenvalue weighted by atomic mass is 10.2. The summed E-state index contributed by atoms with van der Waals surface area (Å²) in [6.45, 7) is 1.72. The van der Waals surface area contributed by atoms with E-state index in [4.69, 9.17) is 11.6 Å². The van der Waals surface area contributed by atoms with Gasteiger partial charge in [-0.05, 0) is 37.3 Å². The van der Waals surface area contributed by atoms with Crippen molar-refractivity contribution in [3.8, 4) is 5.69 Å². The highest BCUT2D eigenvalue weighted by molar-refractivity contribution is 6.31. The van der Waals surface area contributed by atoms with Gasteiger partial charge in [0.2, 0.25) is 0 Å². The molecule has 0 saturated carbocycles. The van der Waals surface area contributed by atoms with E-state index in [1.54, 1.807) is 37.3 Å². The maximum Gasteiger partial charge on any atom is 0.259 e. The minimum atomic E-state index is -0.407. The fourth-order valence-electron chi connectivity index (χ4n) is 2.69. The molecule has 0 spiro atoms. The molecule has 0 fully saturated rings. The van der Waals surface area contributed by atoms with E-state index in [1.165, 1.54) is 16.9 Å². The molecule has 0 aliphatic heterocycles. The predicted octanol–water partition coefficient (Wildman–Crippen LogP) is 4.29. The summed E-state index contributed by atoms with van der Waals surface area (Å²) in [6, 6.07) is 11.6. The first kappa shape index (κ1) is 17.9. The lowest BCUT2D eigenvalue weighted by Gasteiger charge is -2.18. The molecule has 0 atom stereocenters. The number of nitrogens with one attached hydrogen (secondary N) is 1. The van der Waals surface area contributed by atoms with Gasteiger partial charge in [0, 0.05) is 19.1 Å². The van der Waals surface area contributed by atoms with Crippen molar-refractivity contribution in [1.82, 2.24) is 9.78 Å². The van der Waals surface area contributed by atoms with Gasteiger partial charge in [-0.25, -0.2) is 9.07 Å². The molecule has 0 saturated heterocycles. The van der Waals surface area contributed by atoms with Crippen LogP contribution in [0, 0.1) is 12.7 Å². The Morgan fingerprint density at radius 2 is 1.96 bits per heavy atom. The third kappa shape index (κ3) is 3.41. The molecule has 2 aromatic carbocycles. The Bertz CT molecular complexity index is 968. The van der Waals surface area contributed by atoms with Crippen molar-refractivity contribution in [3.63, 3.8) is 0 Å². The summed E-state index contributed by atoms with van der Waals surface area (Å²) in [5.41, 5.74) is 2.60. The van der Waals surface area contributed by atoms with Crippen molar-refractivity contribution >= 4 is 28.9 Å². The van der Waals surface area contributed by atoms with E-state index in [2.05, 4.69) is 10.4 Å². The number of rotatable bonds is 4. The van der Waals surface area contributed by atoms with Crippen molar-refractivity contribution in [1.29, 1.82) is 0 Å². The average Bonchev–Trinajstić information content (AvgIpc) is 2.96. The van der Waals surface area contributed by atoms with Gasteiger partial charge in [-0.2, -0.15) is 5.10 Å². The fraction of sp³-hybridized carbons (Fsp3) is 0.158. The highest BCUT2D eigenvalue weighted by Gasteiger charge is 2.18. The van der Waals surface area contributed by atoms with Crippen LogP contribution in [-0.4, -0.2) is 29.8 Å². The van der Waals surface area contributed by atoms with Gasteiger partial charge < -0.3 is 10.2 Å². The van der Waals surface area contributed by atoms with Crippen LogP contribution in [0.2, 0.25) is 5.02 Å². The number of carbonyl (C=O) groups excluding carboxylic acids is 1. The Labute approximate surface area is 156 Å². The summed E-state index contributed by atoms with van der Waals surface area (Å²) in [5, 5.41) is 7.54. The minimum absolute atomic E-state index is 0.292. The number of hydrogen-bond acceptors (Lipinski definition) is 3. The van der Waals surface area contributed by atoms with E-state index in [0.29, 0.717) is 27.7 Å². The quantitative estimate of drug-likeness (QED) is 0.743. The zero-order valence-electron chi connectivity index (χ0n) is 14.6. The van der Waals surface area contributed by atoms with E-state index in [0.717, 1.165) is 5.69 Å². The highest BCUT2D eigenvalue weighted by atomic mass is 35.5. The molecule has 0 radical (unpaired) electrons. The SMILES string of the molecule is Cc1c(C(=O)Nc2cc(Cl)ccc2N(C)C)cnn1-c1ccccc1F. The third-order valence-electron chi connectivity index (χ3n) is 4.02. The molecule has 0 unspecified atom stereocenters. The number of amides is 1. The monoisotopic (exact) mass is 372 g/mol. The molecule has 26 heavy (non-hydrogen) atoms. The predicted molar refractivity (Wildman–Crippen MR) is 102 cm³/mol. The van der Waals surface area contributed by atoms with Gasteiger partial charge in [-0.1, -0.05) is 23.7 Å². The standard InChI is InChI=1S/C19H18ClFN4O/c1-12-14(11-22-25(12)17-7-5-4-6-15(17)21)19(26)23-16-10-13(20)8-9-18(16)24(2)3/h4-11H,1-3H3,(H,23,26). The van der Waals surface area contributed by atoms with Crippen LogP contribution in [0.4, 0.5) is 15.8 Å². The van der Waals surface area contributed by atoms with E-state index in [-0.39, 0.29) is 5.91 Å². The van der Waals surface area contributed by atoms with Gasteiger partial charge >= 0.3 is 0 Å². The Hall–Kier alpha value is -2.86. The molecule has 1 amide bonds. The topological polar surface area (TPSA) is 50.2 Å². The molecule has 3 aromatic rings. The molecule has 0 aliphatic carbocycles. The summed E-state index contributed by atoms with van der Waals surface area (Å²) in [5.74, 6) is -0.745. The largest absolute Gasteiger partial charge is 0.376 e. The summed E-state index contributed by atoms with van der Waals surface area (Å²) >= 11 is 6.06. The zero-order valence-corrected chi connectivity index (χ0v) is 15.4. The van der Waals surface area contributed by atoms with Gasteiger partial charge in [0.15, 0.2) is 0 Å². The maximum atomic E-state index is 14.0. The summed E-state index contributed by atoms with van der Waals surface area (Å²) in [7, 11) is 3.75. The number of nitrogens with zero attached hydrogens (tertiary/aromatic N) is 3. The number of para-hydroxylation sites is 1. The van der Waals surface area contributed by atoms with Crippen molar-refractivity contribution in [2.24, 2.45) is 0 Å². The van der Waals surface area contributed by atoms with Gasteiger partial charge in [0.25, 0.3) is 5.91 Å². The van der Waals surface area contributed by atoms with Gasteiger partial charge in [0.1, 0.15) is 11.5 Å². The minimum Gasteiger partial charge on any atom is -0.376 e. The third-order valence-corrected chi connectivity index (χ3v) is 4.26. The molecule has 0 aliphatic rings. The van der Waals surface area contributed by atoms with Crippen LogP contribution in [0.3, 0.4) is 0 Å². The molecule has 7 heteroatoms. The van der Waals surface area contributed by atoms with Crippen molar-refractivity contribution in [2.75, 3.05) is 24.3 Å². The summed E-state index contributed by atoms with van der Waals surface area (Å²) in [6.07, 6.45) is 1.43. The van der Waals surface area contributed by atoms with Crippen LogP contribution in [0.1, 0.15) is 16.1 Å². The molecular weight excluding hydrogens is 355 g/mol. The van der Waals surface area contributed by atoms with Crippen molar-refractivity contribution < 1.29 is 9.18 Å². The number of hydrogen-bond donors (Lipinski definition) is 1. The van der Waals surface area contributed by atoms with Crippen LogP contribution < -0.4 is 10.2 Å². The Morgan fingerprint density at radius 1 is 1.23 bits per heavy atom. The number of carbonyl (C=O) groups is 1. The number of benzene rings is 2. The summed E-state index contributed by atoms with van der Waals surface area (Å²) < 4.78 is 15.4. The second-order valence-electron chi connectivity index (χ2n) is 6.02. The second-order valence-corrected chi connectivity index (χ2v) is 6.45. The van der Waals surface area contributed by atoms with E-state index >= 15 is 0 Å². The zero-order chi connectivity index (χ0) is 18.8. The molecule has 1 N–H and O–H groups in total. The van der Waals surface area contributed by atoms with Crippen molar-refractivity contribution in [3.05, 3.63) is 70.8 Å². The lowest BCUT2D eigenvalue weighted by molar-refractivity contribution is 0.102. The first-order chi connectivity index (χ1) is 12.4. The molecule has 0 bridgehead atoms. The van der Waals surface area contributed by atoms with Gasteiger partial charge in [0.05, 0.1) is 28.8 Å². The van der Waals surface area contributed by atoms with Gasteiger partial charge in [-0.3, -0.25) is 4.79 Å².